The Morgan fingerprint density at radius 2 is 2.05 bits per heavy atom. The molecule has 2 aromatic rings. The van der Waals surface area contributed by atoms with Crippen LogP contribution in [-0.2, 0) is 6.42 Å². The molecule has 20 heavy (non-hydrogen) atoms. The molecule has 3 heteroatoms. The van der Waals surface area contributed by atoms with Gasteiger partial charge in [-0.15, -0.1) is 0 Å². The number of aryl methyl sites for hydroxylation is 1. The second-order valence-corrected chi connectivity index (χ2v) is 5.87. The van der Waals surface area contributed by atoms with E-state index in [1.54, 1.807) is 0 Å². The first-order valence-corrected chi connectivity index (χ1v) is 7.41. The molecule has 0 saturated carbocycles. The third-order valence-electron chi connectivity index (χ3n) is 4.07. The predicted molar refractivity (Wildman–Crippen MR) is 84.9 cm³/mol. The summed E-state index contributed by atoms with van der Waals surface area (Å²) < 4.78 is 0. The van der Waals surface area contributed by atoms with E-state index in [1.807, 2.05) is 24.3 Å². The summed E-state index contributed by atoms with van der Waals surface area (Å²) in [6, 6.07) is 14.9. The number of benzene rings is 2. The molecule has 1 aliphatic rings. The molecule has 0 heterocycles. The molecular formula is C17H19ClN2. The van der Waals surface area contributed by atoms with Crippen molar-refractivity contribution in [1.82, 2.24) is 5.32 Å². The first-order valence-electron chi connectivity index (χ1n) is 7.04. The molecule has 2 aromatic carbocycles. The Kier molecular flexibility index (Phi) is 3.68. The first kappa shape index (κ1) is 13.5. The monoisotopic (exact) mass is 286 g/mol. The zero-order chi connectivity index (χ0) is 14.1. The molecule has 0 radical (unpaired) electrons. The summed E-state index contributed by atoms with van der Waals surface area (Å²) in [5.74, 6) is 0. The second-order valence-electron chi connectivity index (χ2n) is 5.46. The van der Waals surface area contributed by atoms with Crippen molar-refractivity contribution < 1.29 is 0 Å². The molecule has 0 aliphatic heterocycles. The van der Waals surface area contributed by atoms with Gasteiger partial charge in [0, 0.05) is 22.8 Å². The second kappa shape index (κ2) is 5.47. The molecule has 0 bridgehead atoms. The lowest BCUT2D eigenvalue weighted by Gasteiger charge is -2.21. The van der Waals surface area contributed by atoms with Gasteiger partial charge in [0.1, 0.15) is 0 Å². The minimum absolute atomic E-state index is 0.234. The normalized spacial score (nSPS) is 18.8. The van der Waals surface area contributed by atoms with Gasteiger partial charge >= 0.3 is 0 Å². The average Bonchev–Trinajstić information content (AvgIpc) is 2.81. The summed E-state index contributed by atoms with van der Waals surface area (Å²) in [4.78, 5) is 0. The number of nitrogens with two attached hydrogens (primary N) is 1. The van der Waals surface area contributed by atoms with Crippen LogP contribution < -0.4 is 11.1 Å². The number of nitrogen functional groups attached to an aromatic ring is 1. The van der Waals surface area contributed by atoms with Crippen molar-refractivity contribution in [2.24, 2.45) is 0 Å². The fraction of sp³-hybridized carbons (Fsp3) is 0.294. The molecule has 0 saturated heterocycles. The summed E-state index contributed by atoms with van der Waals surface area (Å²) in [5.41, 5.74) is 10.6. The van der Waals surface area contributed by atoms with Crippen LogP contribution in [0.2, 0.25) is 5.02 Å². The number of rotatable bonds is 3. The highest BCUT2D eigenvalue weighted by Crippen LogP contribution is 2.34. The third kappa shape index (κ3) is 2.54. The largest absolute Gasteiger partial charge is 0.399 e. The zero-order valence-corrected chi connectivity index (χ0v) is 12.3. The highest BCUT2D eigenvalue weighted by Gasteiger charge is 2.24. The molecule has 2 nitrogen and oxygen atoms in total. The van der Waals surface area contributed by atoms with Gasteiger partial charge in [-0.2, -0.15) is 0 Å². The molecule has 0 aromatic heterocycles. The van der Waals surface area contributed by atoms with E-state index in [9.17, 15) is 0 Å². The molecular weight excluding hydrogens is 268 g/mol. The van der Waals surface area contributed by atoms with E-state index in [4.69, 9.17) is 17.3 Å². The van der Waals surface area contributed by atoms with Crippen LogP contribution >= 0.6 is 11.6 Å². The van der Waals surface area contributed by atoms with Crippen LogP contribution in [0.3, 0.4) is 0 Å². The van der Waals surface area contributed by atoms with Gasteiger partial charge < -0.3 is 11.1 Å². The Labute approximate surface area is 125 Å². The molecule has 1 aliphatic carbocycles. The lowest BCUT2D eigenvalue weighted by molar-refractivity contribution is 0.465. The van der Waals surface area contributed by atoms with Crippen LogP contribution in [0.15, 0.2) is 42.5 Å². The summed E-state index contributed by atoms with van der Waals surface area (Å²) in [5, 5.41) is 4.51. The van der Waals surface area contributed by atoms with Crippen LogP contribution in [-0.4, -0.2) is 0 Å². The predicted octanol–water partition coefficient (Wildman–Crippen LogP) is 4.26. The van der Waals surface area contributed by atoms with Crippen LogP contribution in [0.1, 0.15) is 42.1 Å². The first-order chi connectivity index (χ1) is 9.65. The Bertz CT molecular complexity index is 624. The van der Waals surface area contributed by atoms with E-state index in [-0.39, 0.29) is 6.04 Å². The Hall–Kier alpha value is -1.51. The molecule has 1 unspecified atom stereocenters. The minimum atomic E-state index is 0.234. The standard InChI is InChI=1S/C17H19ClN2/c1-11(14-4-2-3-5-16(14)18)20-17-9-6-12-10-13(19)7-8-15(12)17/h2-5,7-8,10-11,17,20H,6,9,19H2,1H3/t11-,17?/m0/s1. The number of fused-ring (bicyclic) bond motifs is 1. The number of nitrogens with one attached hydrogen (secondary N) is 1. The maximum absolute atomic E-state index is 6.27. The minimum Gasteiger partial charge on any atom is -0.399 e. The molecule has 0 spiro atoms. The lowest BCUT2D eigenvalue weighted by atomic mass is 10.0. The molecule has 3 rings (SSSR count). The average molecular weight is 287 g/mol. The van der Waals surface area contributed by atoms with E-state index < -0.39 is 0 Å². The Balaban J connectivity index is 1.79. The summed E-state index contributed by atoms with van der Waals surface area (Å²) in [6.45, 7) is 2.16. The summed E-state index contributed by atoms with van der Waals surface area (Å²) in [7, 11) is 0. The van der Waals surface area contributed by atoms with Crippen molar-refractivity contribution in [2.45, 2.75) is 31.8 Å². The molecule has 0 amide bonds. The van der Waals surface area contributed by atoms with Crippen molar-refractivity contribution in [3.05, 3.63) is 64.2 Å². The van der Waals surface area contributed by atoms with Gasteiger partial charge in [0.05, 0.1) is 0 Å². The van der Waals surface area contributed by atoms with Gasteiger partial charge in [0.2, 0.25) is 0 Å². The van der Waals surface area contributed by atoms with Crippen LogP contribution in [0.25, 0.3) is 0 Å². The Morgan fingerprint density at radius 1 is 1.25 bits per heavy atom. The lowest BCUT2D eigenvalue weighted by Crippen LogP contribution is -2.23. The highest BCUT2D eigenvalue weighted by molar-refractivity contribution is 6.31. The summed E-state index contributed by atoms with van der Waals surface area (Å²) in [6.07, 6.45) is 2.21. The molecule has 2 atom stereocenters. The third-order valence-corrected chi connectivity index (χ3v) is 4.41. The highest BCUT2D eigenvalue weighted by atomic mass is 35.5. The number of hydrogen-bond acceptors (Lipinski definition) is 2. The van der Waals surface area contributed by atoms with E-state index in [0.717, 1.165) is 29.1 Å². The maximum Gasteiger partial charge on any atom is 0.0453 e. The van der Waals surface area contributed by atoms with Crippen molar-refractivity contribution >= 4 is 17.3 Å². The van der Waals surface area contributed by atoms with Crippen LogP contribution in [0.5, 0.6) is 0 Å². The number of halogens is 1. The number of hydrogen-bond donors (Lipinski definition) is 2. The van der Waals surface area contributed by atoms with Crippen molar-refractivity contribution in [1.29, 1.82) is 0 Å². The van der Waals surface area contributed by atoms with Crippen LogP contribution in [0, 0.1) is 0 Å². The van der Waals surface area contributed by atoms with Gasteiger partial charge in [-0.25, -0.2) is 0 Å². The van der Waals surface area contributed by atoms with Gasteiger partial charge in [-0.05, 0) is 54.7 Å². The van der Waals surface area contributed by atoms with Gasteiger partial charge in [-0.3, -0.25) is 0 Å². The smallest absolute Gasteiger partial charge is 0.0453 e. The van der Waals surface area contributed by atoms with Crippen LogP contribution in [0.4, 0.5) is 5.69 Å². The molecule has 3 N–H and O–H groups in total. The fourth-order valence-corrected chi connectivity index (χ4v) is 3.33. The van der Waals surface area contributed by atoms with Crippen molar-refractivity contribution in [2.75, 3.05) is 5.73 Å². The van der Waals surface area contributed by atoms with Crippen molar-refractivity contribution in [3.63, 3.8) is 0 Å². The van der Waals surface area contributed by atoms with Crippen molar-refractivity contribution in [3.8, 4) is 0 Å². The van der Waals surface area contributed by atoms with E-state index >= 15 is 0 Å². The van der Waals surface area contributed by atoms with E-state index in [1.165, 1.54) is 11.1 Å². The fourth-order valence-electron chi connectivity index (χ4n) is 3.03. The molecule has 104 valence electrons. The quantitative estimate of drug-likeness (QED) is 0.828. The van der Waals surface area contributed by atoms with Gasteiger partial charge in [-0.1, -0.05) is 35.9 Å². The SMILES string of the molecule is C[C@H](NC1CCc2cc(N)ccc21)c1ccccc1Cl. The van der Waals surface area contributed by atoms with E-state index in [0.29, 0.717) is 6.04 Å². The maximum atomic E-state index is 6.27. The van der Waals surface area contributed by atoms with E-state index in [2.05, 4.69) is 30.4 Å². The number of anilines is 1. The van der Waals surface area contributed by atoms with Gasteiger partial charge in [0.15, 0.2) is 0 Å². The molecule has 0 fully saturated rings. The zero-order valence-electron chi connectivity index (χ0n) is 11.6. The Morgan fingerprint density at radius 3 is 2.85 bits per heavy atom. The van der Waals surface area contributed by atoms with Gasteiger partial charge in [0.25, 0.3) is 0 Å². The summed E-state index contributed by atoms with van der Waals surface area (Å²) >= 11 is 6.27. The topological polar surface area (TPSA) is 38.0 Å².